The van der Waals surface area contributed by atoms with Gasteiger partial charge >= 0.3 is 11.9 Å². The molecular formula is C14H18O4. The van der Waals surface area contributed by atoms with E-state index in [0.29, 0.717) is 0 Å². The number of carboxylic acids is 2. The average molecular weight is 250 g/mol. The third-order valence-electron chi connectivity index (χ3n) is 1.39. The van der Waals surface area contributed by atoms with Gasteiger partial charge in [-0.05, 0) is 12.1 Å². The quantitative estimate of drug-likeness (QED) is 0.788. The van der Waals surface area contributed by atoms with Crippen molar-refractivity contribution in [2.24, 2.45) is 0 Å². The number of benzene rings is 1. The predicted molar refractivity (Wildman–Crippen MR) is 74.1 cm³/mol. The first kappa shape index (κ1) is 20.8. The highest BCUT2D eigenvalue weighted by molar-refractivity contribution is 6.01. The Hall–Kier alpha value is -2.62. The van der Waals surface area contributed by atoms with E-state index >= 15 is 0 Å². The van der Waals surface area contributed by atoms with Crippen LogP contribution in [0.1, 0.15) is 20.7 Å². The van der Waals surface area contributed by atoms with Gasteiger partial charge in [0.1, 0.15) is 0 Å². The summed E-state index contributed by atoms with van der Waals surface area (Å²) in [5.41, 5.74) is -0.380. The molecule has 1 aromatic rings. The number of carboxylic acid groups (broad SMARTS) is 2. The maximum atomic E-state index is 10.5. The molecule has 18 heavy (non-hydrogen) atoms. The molecular weight excluding hydrogens is 232 g/mol. The van der Waals surface area contributed by atoms with Crippen molar-refractivity contribution in [2.45, 2.75) is 0 Å². The first-order valence-corrected chi connectivity index (χ1v) is 4.68. The number of carbonyl (C=O) groups is 2. The molecule has 0 aliphatic carbocycles. The van der Waals surface area contributed by atoms with Crippen molar-refractivity contribution in [3.05, 3.63) is 74.9 Å². The molecule has 0 saturated heterocycles. The molecule has 1 rings (SSSR count). The molecule has 0 bridgehead atoms. The molecule has 0 saturated carbocycles. The smallest absolute Gasteiger partial charge is 0.336 e. The highest BCUT2D eigenvalue weighted by Gasteiger charge is 2.13. The van der Waals surface area contributed by atoms with E-state index < -0.39 is 11.9 Å². The summed E-state index contributed by atoms with van der Waals surface area (Å²) in [5.74, 6) is -2.46. The average Bonchev–Trinajstić information content (AvgIpc) is 2.45. The van der Waals surface area contributed by atoms with Gasteiger partial charge < -0.3 is 10.2 Å². The zero-order valence-corrected chi connectivity index (χ0v) is 10.3. The molecule has 0 radical (unpaired) electrons. The third kappa shape index (κ3) is 7.64. The summed E-state index contributed by atoms with van der Waals surface area (Å²) < 4.78 is 0. The summed E-state index contributed by atoms with van der Waals surface area (Å²) >= 11 is 0. The molecule has 1 aromatic carbocycles. The van der Waals surface area contributed by atoms with Gasteiger partial charge in [0, 0.05) is 0 Å². The lowest BCUT2D eigenvalue weighted by atomic mass is 10.1. The second-order valence-corrected chi connectivity index (χ2v) is 2.16. The molecule has 0 spiro atoms. The molecule has 2 N–H and O–H groups in total. The van der Waals surface area contributed by atoms with E-state index in [1.165, 1.54) is 24.3 Å². The van der Waals surface area contributed by atoms with Crippen LogP contribution < -0.4 is 0 Å². The Bertz CT molecular complexity index is 334. The minimum atomic E-state index is -1.23. The lowest BCUT2D eigenvalue weighted by Gasteiger charge is -1.98. The molecule has 0 fully saturated rings. The largest absolute Gasteiger partial charge is 0.478 e. The molecule has 0 atom stereocenters. The standard InChI is InChI=1S/C8H6O4.3C2H4/c9-7(10)5-3-1-2-4-6(5)8(11)12;3*1-2/h1-4H,(H,9,10)(H,11,12);3*1-2H2. The van der Waals surface area contributed by atoms with Crippen molar-refractivity contribution >= 4 is 11.9 Å². The molecule has 0 unspecified atom stereocenters. The van der Waals surface area contributed by atoms with Gasteiger partial charge in [-0.2, -0.15) is 0 Å². The Kier molecular flexibility index (Phi) is 16.6. The van der Waals surface area contributed by atoms with Crippen molar-refractivity contribution in [3.8, 4) is 0 Å². The van der Waals surface area contributed by atoms with E-state index in [0.717, 1.165) is 0 Å². The zero-order valence-electron chi connectivity index (χ0n) is 10.3. The van der Waals surface area contributed by atoms with Gasteiger partial charge in [0.2, 0.25) is 0 Å². The molecule has 98 valence electrons. The molecule has 0 amide bonds. The fraction of sp³-hybridized carbons (Fsp3) is 0. The van der Waals surface area contributed by atoms with Crippen LogP contribution in [0.5, 0.6) is 0 Å². The van der Waals surface area contributed by atoms with Crippen molar-refractivity contribution in [1.29, 1.82) is 0 Å². The second-order valence-electron chi connectivity index (χ2n) is 2.16. The maximum absolute atomic E-state index is 10.5. The number of hydrogen-bond acceptors (Lipinski definition) is 2. The Labute approximate surface area is 107 Å². The van der Waals surface area contributed by atoms with Gasteiger partial charge in [-0.1, -0.05) is 12.1 Å². The first-order valence-electron chi connectivity index (χ1n) is 4.68. The SMILES string of the molecule is C=C.C=C.C=C.O=C(O)c1ccccc1C(=O)O. The van der Waals surface area contributed by atoms with Crippen LogP contribution in [0.25, 0.3) is 0 Å². The van der Waals surface area contributed by atoms with E-state index in [1.807, 2.05) is 0 Å². The zero-order chi connectivity index (χ0) is 15.1. The molecule has 4 nitrogen and oxygen atoms in total. The van der Waals surface area contributed by atoms with E-state index in [4.69, 9.17) is 10.2 Å². The van der Waals surface area contributed by atoms with Gasteiger partial charge in [-0.25, -0.2) is 9.59 Å². The van der Waals surface area contributed by atoms with Crippen LogP contribution in [-0.2, 0) is 0 Å². The van der Waals surface area contributed by atoms with Crippen LogP contribution in [0, 0.1) is 0 Å². The monoisotopic (exact) mass is 250 g/mol. The van der Waals surface area contributed by atoms with Crippen LogP contribution in [0.4, 0.5) is 0 Å². The lowest BCUT2D eigenvalue weighted by Crippen LogP contribution is -2.06. The van der Waals surface area contributed by atoms with E-state index in [2.05, 4.69) is 39.5 Å². The molecule has 4 heteroatoms. The summed E-state index contributed by atoms with van der Waals surface area (Å²) in [5, 5.41) is 17.1. The van der Waals surface area contributed by atoms with Gasteiger partial charge in [0.05, 0.1) is 11.1 Å². The van der Waals surface area contributed by atoms with Crippen molar-refractivity contribution in [1.82, 2.24) is 0 Å². The van der Waals surface area contributed by atoms with Crippen LogP contribution in [0.3, 0.4) is 0 Å². The molecule has 0 heterocycles. The minimum Gasteiger partial charge on any atom is -0.478 e. The summed E-state index contributed by atoms with van der Waals surface area (Å²) in [6.07, 6.45) is 0. The molecule has 0 aliphatic rings. The first-order chi connectivity index (χ1) is 8.63. The topological polar surface area (TPSA) is 74.6 Å². The summed E-state index contributed by atoms with van der Waals surface area (Å²) in [4.78, 5) is 20.9. The molecule has 0 aliphatic heterocycles. The second kappa shape index (κ2) is 14.4. The minimum absolute atomic E-state index is 0.190. The van der Waals surface area contributed by atoms with Crippen molar-refractivity contribution in [2.75, 3.05) is 0 Å². The van der Waals surface area contributed by atoms with Crippen LogP contribution in [-0.4, -0.2) is 22.2 Å². The van der Waals surface area contributed by atoms with Crippen molar-refractivity contribution < 1.29 is 19.8 Å². The Morgan fingerprint density at radius 3 is 1.11 bits per heavy atom. The van der Waals surface area contributed by atoms with Gasteiger partial charge in [0.25, 0.3) is 0 Å². The Balaban J connectivity index is -0.000000328. The molecule has 0 aromatic heterocycles. The van der Waals surface area contributed by atoms with Gasteiger partial charge in [-0.15, -0.1) is 39.5 Å². The number of aromatic carboxylic acids is 2. The summed E-state index contributed by atoms with van der Waals surface area (Å²) in [6, 6.07) is 5.48. The number of hydrogen-bond donors (Lipinski definition) is 2. The highest BCUT2D eigenvalue weighted by atomic mass is 16.4. The fourth-order valence-corrected chi connectivity index (χ4v) is 0.856. The van der Waals surface area contributed by atoms with E-state index in [9.17, 15) is 9.59 Å². The predicted octanol–water partition coefficient (Wildman–Crippen LogP) is 3.49. The number of rotatable bonds is 2. The van der Waals surface area contributed by atoms with Crippen LogP contribution in [0.2, 0.25) is 0 Å². The van der Waals surface area contributed by atoms with Gasteiger partial charge in [-0.3, -0.25) is 0 Å². The Morgan fingerprint density at radius 2 is 0.944 bits per heavy atom. The summed E-state index contributed by atoms with van der Waals surface area (Å²) in [7, 11) is 0. The van der Waals surface area contributed by atoms with Crippen molar-refractivity contribution in [3.63, 3.8) is 0 Å². The fourth-order valence-electron chi connectivity index (χ4n) is 0.856. The van der Waals surface area contributed by atoms with E-state index in [-0.39, 0.29) is 11.1 Å². The normalized spacial score (nSPS) is 6.89. The lowest BCUT2D eigenvalue weighted by molar-refractivity contribution is 0.0651. The highest BCUT2D eigenvalue weighted by Crippen LogP contribution is 2.07. The Morgan fingerprint density at radius 1 is 0.722 bits per heavy atom. The van der Waals surface area contributed by atoms with Crippen LogP contribution in [0.15, 0.2) is 63.7 Å². The van der Waals surface area contributed by atoms with E-state index in [1.54, 1.807) is 0 Å². The maximum Gasteiger partial charge on any atom is 0.336 e. The van der Waals surface area contributed by atoms with Gasteiger partial charge in [0.15, 0.2) is 0 Å². The third-order valence-corrected chi connectivity index (χ3v) is 1.39. The van der Waals surface area contributed by atoms with Crippen LogP contribution >= 0.6 is 0 Å². The summed E-state index contributed by atoms with van der Waals surface area (Å²) in [6.45, 7) is 18.0.